The molecule has 2 saturated carbocycles. The van der Waals surface area contributed by atoms with Gasteiger partial charge in [-0.25, -0.2) is 0 Å². The first-order valence-corrected chi connectivity index (χ1v) is 17.8. The van der Waals surface area contributed by atoms with Crippen molar-refractivity contribution in [1.29, 1.82) is 0 Å². The van der Waals surface area contributed by atoms with Crippen LogP contribution < -0.4 is 26.6 Å². The summed E-state index contributed by atoms with van der Waals surface area (Å²) in [6.45, 7) is 9.26. The number of nitrogen functional groups attached to an aromatic ring is 1. The van der Waals surface area contributed by atoms with Gasteiger partial charge in [0.2, 0.25) is 17.8 Å². The van der Waals surface area contributed by atoms with E-state index in [2.05, 4.69) is 47.6 Å². The van der Waals surface area contributed by atoms with Gasteiger partial charge in [0, 0.05) is 38.3 Å². The molecular weight excluding hydrogens is 541 g/mol. The van der Waals surface area contributed by atoms with Gasteiger partial charge in [-0.15, -0.1) is 0 Å². The molecule has 234 valence electrons. The Morgan fingerprint density at radius 3 is 2.37 bits per heavy atom. The molecule has 41 heavy (non-hydrogen) atoms. The van der Waals surface area contributed by atoms with Crippen LogP contribution in [-0.2, 0) is 4.57 Å². The van der Waals surface area contributed by atoms with Gasteiger partial charge in [0.05, 0.1) is 6.16 Å². The zero-order valence-corrected chi connectivity index (χ0v) is 25.9. The molecule has 4 rings (SSSR count). The van der Waals surface area contributed by atoms with Crippen molar-refractivity contribution >= 4 is 25.4 Å². The van der Waals surface area contributed by atoms with Crippen molar-refractivity contribution in [2.45, 2.75) is 89.6 Å². The molecule has 2 aliphatic carbocycles. The molecule has 0 unspecified atom stereocenters. The summed E-state index contributed by atoms with van der Waals surface area (Å²) in [6.07, 6.45) is 13.5. The van der Waals surface area contributed by atoms with Gasteiger partial charge in [-0.05, 0) is 96.3 Å². The van der Waals surface area contributed by atoms with Gasteiger partial charge in [-0.2, -0.15) is 15.0 Å². The van der Waals surface area contributed by atoms with Crippen molar-refractivity contribution in [3.63, 3.8) is 0 Å². The fraction of sp³-hybridized carbons (Fsp3) is 0.893. The highest BCUT2D eigenvalue weighted by Crippen LogP contribution is 2.35. The van der Waals surface area contributed by atoms with Gasteiger partial charge in [0.25, 0.3) is 0 Å². The topological polar surface area (TPSA) is 165 Å². The van der Waals surface area contributed by atoms with Gasteiger partial charge < -0.3 is 36.4 Å². The van der Waals surface area contributed by atoms with Crippen molar-refractivity contribution in [3.05, 3.63) is 0 Å². The Balaban J connectivity index is 1.11. The molecule has 12 nitrogen and oxygen atoms in total. The van der Waals surface area contributed by atoms with Crippen LogP contribution in [0.4, 0.5) is 17.8 Å². The van der Waals surface area contributed by atoms with Crippen LogP contribution in [0.25, 0.3) is 0 Å². The van der Waals surface area contributed by atoms with Crippen molar-refractivity contribution in [1.82, 2.24) is 30.5 Å². The van der Waals surface area contributed by atoms with Crippen LogP contribution in [0, 0.1) is 11.8 Å². The minimum Gasteiger partial charge on any atom is -0.368 e. The maximum atomic E-state index is 11.2. The highest BCUT2D eigenvalue weighted by atomic mass is 31.2. The lowest BCUT2D eigenvalue weighted by Crippen LogP contribution is -2.52. The predicted octanol–water partition coefficient (Wildman–Crippen LogP) is 2.65. The Bertz CT molecular complexity index is 954. The third-order valence-electron chi connectivity index (χ3n) is 9.10. The van der Waals surface area contributed by atoms with Crippen LogP contribution in [0.15, 0.2) is 0 Å². The number of nitrogens with zero attached hydrogens (tertiary/aromatic N) is 5. The average molecular weight is 596 g/mol. The molecule has 1 saturated heterocycles. The van der Waals surface area contributed by atoms with Crippen LogP contribution in [0.1, 0.15) is 77.6 Å². The summed E-state index contributed by atoms with van der Waals surface area (Å²) in [4.78, 5) is 36.0. The SMILES string of the molecule is C[C@H]1CN(c2nc(N)nc(NC[C@H]3CC[C@H](CNCCCNC4CCCCC4)CC3)n2)CCN1CCCP(=O)(O)O. The second-order valence-electron chi connectivity index (χ2n) is 12.5. The molecule has 1 atom stereocenters. The molecule has 0 bridgehead atoms. The first-order valence-electron chi connectivity index (χ1n) is 16.0. The van der Waals surface area contributed by atoms with Crippen molar-refractivity contribution in [2.24, 2.45) is 11.8 Å². The fourth-order valence-corrected chi connectivity index (χ4v) is 7.15. The molecule has 1 aromatic rings. The molecule has 7 N–H and O–H groups in total. The van der Waals surface area contributed by atoms with Crippen molar-refractivity contribution in [3.8, 4) is 0 Å². The first kappa shape index (κ1) is 32.4. The standard InChI is InChI=1S/C28H54N9O3P/c1-22-21-37(17-16-36(22)15-6-18-41(38,39)40)28-34-26(29)33-27(35-28)32-20-24-11-9-23(10-12-24)19-30-13-5-14-31-25-7-3-2-4-8-25/h22-25,30-31H,2-21H2,1H3,(H2,38,39,40)(H3,29,32,33,34,35)/t22-,23-,24-/m0/s1. The van der Waals surface area contributed by atoms with Crippen LogP contribution in [-0.4, -0.2) is 100 Å². The first-order chi connectivity index (χ1) is 19.7. The fourth-order valence-electron chi connectivity index (χ4n) is 6.60. The number of aromatic nitrogens is 3. The predicted molar refractivity (Wildman–Crippen MR) is 165 cm³/mol. The van der Waals surface area contributed by atoms with Crippen LogP contribution in [0.5, 0.6) is 0 Å². The van der Waals surface area contributed by atoms with Gasteiger partial charge in [0.15, 0.2) is 0 Å². The molecular formula is C28H54N9O3P. The Labute approximate surface area is 246 Å². The summed E-state index contributed by atoms with van der Waals surface area (Å²) in [5, 5.41) is 10.9. The lowest BCUT2D eigenvalue weighted by Gasteiger charge is -2.40. The molecule has 13 heteroatoms. The van der Waals surface area contributed by atoms with Gasteiger partial charge in [-0.1, -0.05) is 19.3 Å². The normalized spacial score (nSPS) is 25.0. The molecule has 1 aliphatic heterocycles. The Morgan fingerprint density at radius 2 is 1.66 bits per heavy atom. The van der Waals surface area contributed by atoms with E-state index in [0.29, 0.717) is 30.8 Å². The highest BCUT2D eigenvalue weighted by Gasteiger charge is 2.27. The van der Waals surface area contributed by atoms with E-state index in [9.17, 15) is 4.57 Å². The molecule has 1 aromatic heterocycles. The van der Waals surface area contributed by atoms with Crippen LogP contribution in [0.2, 0.25) is 0 Å². The number of anilines is 3. The zero-order chi connectivity index (χ0) is 29.1. The number of piperazine rings is 1. The van der Waals surface area contributed by atoms with Crippen LogP contribution >= 0.6 is 7.60 Å². The number of rotatable bonds is 15. The summed E-state index contributed by atoms with van der Waals surface area (Å²) in [7, 11) is -3.95. The maximum Gasteiger partial charge on any atom is 0.325 e. The highest BCUT2D eigenvalue weighted by molar-refractivity contribution is 7.51. The summed E-state index contributed by atoms with van der Waals surface area (Å²) in [5.41, 5.74) is 6.05. The monoisotopic (exact) mass is 595 g/mol. The third-order valence-corrected chi connectivity index (χ3v) is 10.00. The average Bonchev–Trinajstić information content (AvgIpc) is 2.95. The summed E-state index contributed by atoms with van der Waals surface area (Å²) in [6, 6.07) is 0.979. The number of hydrogen-bond donors (Lipinski definition) is 6. The smallest absolute Gasteiger partial charge is 0.325 e. The molecule has 0 aromatic carbocycles. The van der Waals surface area contributed by atoms with Crippen molar-refractivity contribution < 1.29 is 14.4 Å². The van der Waals surface area contributed by atoms with Crippen molar-refractivity contribution in [2.75, 3.05) is 74.5 Å². The lowest BCUT2D eigenvalue weighted by molar-refractivity contribution is 0.188. The van der Waals surface area contributed by atoms with E-state index in [1.807, 2.05) is 0 Å². The maximum absolute atomic E-state index is 11.2. The molecule has 3 aliphatic rings. The number of nitrogens with two attached hydrogens (primary N) is 1. The minimum absolute atomic E-state index is 0.0737. The molecule has 2 heterocycles. The summed E-state index contributed by atoms with van der Waals surface area (Å²) < 4.78 is 11.2. The third kappa shape index (κ3) is 11.6. The zero-order valence-electron chi connectivity index (χ0n) is 25.0. The Hall–Kier alpha value is -1.56. The van der Waals surface area contributed by atoms with E-state index >= 15 is 0 Å². The van der Waals surface area contributed by atoms with Crippen LogP contribution in [0.3, 0.4) is 0 Å². The minimum atomic E-state index is -3.95. The Morgan fingerprint density at radius 1 is 0.927 bits per heavy atom. The summed E-state index contributed by atoms with van der Waals surface area (Å²) >= 11 is 0. The summed E-state index contributed by atoms with van der Waals surface area (Å²) in [5.74, 6) is 2.73. The van der Waals surface area contributed by atoms with E-state index < -0.39 is 7.60 Å². The van der Waals surface area contributed by atoms with E-state index in [1.54, 1.807) is 0 Å². The second kappa shape index (κ2) is 16.3. The second-order valence-corrected chi connectivity index (χ2v) is 14.3. The van der Waals surface area contributed by atoms with E-state index in [1.165, 1.54) is 64.2 Å². The lowest BCUT2D eigenvalue weighted by atomic mass is 9.82. The quantitative estimate of drug-likeness (QED) is 0.130. The molecule has 0 radical (unpaired) electrons. The van der Waals surface area contributed by atoms with Gasteiger partial charge in [0.1, 0.15) is 0 Å². The Kier molecular flexibility index (Phi) is 12.9. The number of hydrogen-bond acceptors (Lipinski definition) is 10. The van der Waals surface area contributed by atoms with E-state index in [0.717, 1.165) is 57.8 Å². The van der Waals surface area contributed by atoms with Gasteiger partial charge >= 0.3 is 7.60 Å². The molecule has 0 amide bonds. The van der Waals surface area contributed by atoms with E-state index in [-0.39, 0.29) is 18.2 Å². The number of nitrogens with one attached hydrogen (secondary N) is 3. The molecule has 0 spiro atoms. The largest absolute Gasteiger partial charge is 0.368 e. The van der Waals surface area contributed by atoms with E-state index in [4.69, 9.17) is 15.5 Å². The molecule has 3 fully saturated rings. The van der Waals surface area contributed by atoms with Gasteiger partial charge in [-0.3, -0.25) is 9.46 Å².